The molecule has 0 aliphatic carbocycles. The Kier molecular flexibility index (Phi) is 3.57. The van der Waals surface area contributed by atoms with Crippen molar-refractivity contribution in [3.05, 3.63) is 17.7 Å². The van der Waals surface area contributed by atoms with Gasteiger partial charge < -0.3 is 25.7 Å². The summed E-state index contributed by atoms with van der Waals surface area (Å²) in [6, 6.07) is 1.85. The molecule has 0 aromatic heterocycles. The highest BCUT2D eigenvalue weighted by Crippen LogP contribution is 2.36. The minimum Gasteiger partial charge on any atom is -0.504 e. The van der Waals surface area contributed by atoms with Crippen LogP contribution in [-0.4, -0.2) is 32.4 Å². The van der Waals surface area contributed by atoms with Gasteiger partial charge in [-0.15, -0.1) is 0 Å². The van der Waals surface area contributed by atoms with Crippen molar-refractivity contribution in [2.45, 2.75) is 19.5 Å². The van der Waals surface area contributed by atoms with Crippen molar-refractivity contribution >= 4 is 5.97 Å². The summed E-state index contributed by atoms with van der Waals surface area (Å²) < 4.78 is 0. The summed E-state index contributed by atoms with van der Waals surface area (Å²) in [5, 5.41) is 39.0. The van der Waals surface area contributed by atoms with Crippen LogP contribution in [0.25, 0.3) is 0 Å². The first-order valence-corrected chi connectivity index (χ1v) is 4.62. The van der Waals surface area contributed by atoms with E-state index in [1.165, 1.54) is 19.1 Å². The van der Waals surface area contributed by atoms with E-state index in [9.17, 15) is 15.0 Å². The molecule has 88 valence electrons. The molecule has 6 nitrogen and oxygen atoms in total. The lowest BCUT2D eigenvalue weighted by Gasteiger charge is -2.11. The number of phenolic OH excluding ortho intramolecular Hbond substituents is 3. The minimum atomic E-state index is -1.01. The number of rotatable bonds is 4. The van der Waals surface area contributed by atoms with E-state index in [2.05, 4.69) is 5.32 Å². The van der Waals surface area contributed by atoms with Crippen molar-refractivity contribution in [3.8, 4) is 17.2 Å². The van der Waals surface area contributed by atoms with E-state index in [1.807, 2.05) is 0 Å². The van der Waals surface area contributed by atoms with Gasteiger partial charge in [0.05, 0.1) is 0 Å². The summed E-state index contributed by atoms with van der Waals surface area (Å²) >= 11 is 0. The van der Waals surface area contributed by atoms with Gasteiger partial charge in [0.2, 0.25) is 5.75 Å². The third-order valence-corrected chi connectivity index (χ3v) is 2.18. The molecule has 0 spiro atoms. The summed E-state index contributed by atoms with van der Waals surface area (Å²) in [5.41, 5.74) is 0.309. The maximum absolute atomic E-state index is 10.5. The molecule has 0 radical (unpaired) electrons. The van der Waals surface area contributed by atoms with Crippen molar-refractivity contribution in [2.75, 3.05) is 0 Å². The van der Waals surface area contributed by atoms with Crippen LogP contribution < -0.4 is 5.32 Å². The third-order valence-electron chi connectivity index (χ3n) is 2.18. The van der Waals surface area contributed by atoms with E-state index in [0.717, 1.165) is 0 Å². The molecule has 1 rings (SSSR count). The molecule has 0 aliphatic heterocycles. The lowest BCUT2D eigenvalue weighted by Crippen LogP contribution is -2.33. The lowest BCUT2D eigenvalue weighted by atomic mass is 10.1. The second kappa shape index (κ2) is 4.71. The zero-order chi connectivity index (χ0) is 12.3. The Morgan fingerprint density at radius 1 is 1.31 bits per heavy atom. The van der Waals surface area contributed by atoms with E-state index < -0.39 is 29.3 Å². The molecule has 0 bridgehead atoms. The van der Waals surface area contributed by atoms with Crippen molar-refractivity contribution in [1.29, 1.82) is 0 Å². The van der Waals surface area contributed by atoms with Crippen LogP contribution in [0.4, 0.5) is 0 Å². The van der Waals surface area contributed by atoms with E-state index in [-0.39, 0.29) is 6.54 Å². The predicted molar refractivity (Wildman–Crippen MR) is 55.4 cm³/mol. The normalized spacial score (nSPS) is 12.3. The van der Waals surface area contributed by atoms with E-state index >= 15 is 0 Å². The molecule has 5 N–H and O–H groups in total. The molecule has 6 heteroatoms. The van der Waals surface area contributed by atoms with Crippen LogP contribution in [-0.2, 0) is 11.3 Å². The summed E-state index contributed by atoms with van der Waals surface area (Å²) in [6.07, 6.45) is 0. The van der Waals surface area contributed by atoms with Crippen LogP contribution in [0.1, 0.15) is 12.5 Å². The molecule has 1 atom stereocenters. The van der Waals surface area contributed by atoms with E-state index in [0.29, 0.717) is 5.56 Å². The molecule has 0 amide bonds. The first-order valence-electron chi connectivity index (χ1n) is 4.62. The van der Waals surface area contributed by atoms with Gasteiger partial charge >= 0.3 is 5.97 Å². The van der Waals surface area contributed by atoms with E-state index in [1.54, 1.807) is 0 Å². The number of carboxylic acids is 1. The van der Waals surface area contributed by atoms with Crippen LogP contribution in [0, 0.1) is 0 Å². The quantitative estimate of drug-likeness (QED) is 0.475. The summed E-state index contributed by atoms with van der Waals surface area (Å²) in [7, 11) is 0. The number of benzene rings is 1. The number of phenols is 3. The van der Waals surface area contributed by atoms with Gasteiger partial charge in [-0.2, -0.15) is 0 Å². The standard InChI is InChI=1S/C10H13NO5/c1-5(10(15)16)11-4-6-2-3-7(12)9(14)8(6)13/h2-3,5,11-14H,4H2,1H3,(H,15,16). The molecule has 0 saturated heterocycles. The predicted octanol–water partition coefficient (Wildman–Crippen LogP) is 0.366. The van der Waals surface area contributed by atoms with Crippen LogP contribution in [0.5, 0.6) is 17.2 Å². The Hall–Kier alpha value is -1.95. The smallest absolute Gasteiger partial charge is 0.320 e. The Labute approximate surface area is 91.8 Å². The molecular weight excluding hydrogens is 214 g/mol. The van der Waals surface area contributed by atoms with Gasteiger partial charge in [-0.3, -0.25) is 4.79 Å². The number of carbonyl (C=O) groups is 1. The first kappa shape index (κ1) is 12.1. The molecule has 16 heavy (non-hydrogen) atoms. The molecule has 0 heterocycles. The molecule has 1 aromatic rings. The number of nitrogens with one attached hydrogen (secondary N) is 1. The number of aromatic hydroxyl groups is 3. The van der Waals surface area contributed by atoms with Crippen LogP contribution in [0.3, 0.4) is 0 Å². The topological polar surface area (TPSA) is 110 Å². The molecular formula is C10H13NO5. The number of aliphatic carboxylic acids is 1. The molecule has 0 aliphatic rings. The average Bonchev–Trinajstić information content (AvgIpc) is 2.24. The maximum Gasteiger partial charge on any atom is 0.320 e. The monoisotopic (exact) mass is 227 g/mol. The van der Waals surface area contributed by atoms with Gasteiger partial charge in [0, 0.05) is 12.1 Å². The highest BCUT2D eigenvalue weighted by Gasteiger charge is 2.14. The number of carboxylic acid groups (broad SMARTS) is 1. The van der Waals surface area contributed by atoms with Gasteiger partial charge in [-0.25, -0.2) is 0 Å². The molecule has 0 fully saturated rings. The maximum atomic E-state index is 10.5. The largest absolute Gasteiger partial charge is 0.504 e. The fourth-order valence-electron chi connectivity index (χ4n) is 1.10. The average molecular weight is 227 g/mol. The second-order valence-electron chi connectivity index (χ2n) is 3.38. The Balaban J connectivity index is 2.75. The lowest BCUT2D eigenvalue weighted by molar-refractivity contribution is -0.139. The van der Waals surface area contributed by atoms with Crippen molar-refractivity contribution in [2.24, 2.45) is 0 Å². The van der Waals surface area contributed by atoms with Gasteiger partial charge in [0.15, 0.2) is 11.5 Å². The second-order valence-corrected chi connectivity index (χ2v) is 3.38. The third kappa shape index (κ3) is 2.54. The van der Waals surface area contributed by atoms with Gasteiger partial charge in [0.1, 0.15) is 6.04 Å². The Bertz CT molecular complexity index is 404. The summed E-state index contributed by atoms with van der Waals surface area (Å²) in [5.74, 6) is -2.50. The molecule has 1 aromatic carbocycles. The van der Waals surface area contributed by atoms with Gasteiger partial charge in [-0.05, 0) is 13.0 Å². The van der Waals surface area contributed by atoms with Crippen molar-refractivity contribution < 1.29 is 25.2 Å². The fraction of sp³-hybridized carbons (Fsp3) is 0.300. The zero-order valence-electron chi connectivity index (χ0n) is 8.64. The van der Waals surface area contributed by atoms with Gasteiger partial charge in [0.25, 0.3) is 0 Å². The van der Waals surface area contributed by atoms with E-state index in [4.69, 9.17) is 10.2 Å². The fourth-order valence-corrected chi connectivity index (χ4v) is 1.10. The highest BCUT2D eigenvalue weighted by molar-refractivity contribution is 5.72. The zero-order valence-corrected chi connectivity index (χ0v) is 8.64. The van der Waals surface area contributed by atoms with Crippen LogP contribution >= 0.6 is 0 Å². The number of hydrogen-bond donors (Lipinski definition) is 5. The molecule has 0 saturated carbocycles. The van der Waals surface area contributed by atoms with Crippen molar-refractivity contribution in [1.82, 2.24) is 5.32 Å². The first-order chi connectivity index (χ1) is 7.43. The Morgan fingerprint density at radius 2 is 1.94 bits per heavy atom. The summed E-state index contributed by atoms with van der Waals surface area (Å²) in [4.78, 5) is 10.5. The summed E-state index contributed by atoms with van der Waals surface area (Å²) in [6.45, 7) is 1.53. The minimum absolute atomic E-state index is 0.0765. The van der Waals surface area contributed by atoms with Gasteiger partial charge in [-0.1, -0.05) is 6.07 Å². The molecule has 1 unspecified atom stereocenters. The van der Waals surface area contributed by atoms with Crippen LogP contribution in [0.2, 0.25) is 0 Å². The SMILES string of the molecule is CC(NCc1ccc(O)c(O)c1O)C(=O)O. The highest BCUT2D eigenvalue weighted by atomic mass is 16.4. The van der Waals surface area contributed by atoms with Crippen molar-refractivity contribution in [3.63, 3.8) is 0 Å². The number of hydrogen-bond acceptors (Lipinski definition) is 5. The van der Waals surface area contributed by atoms with Crippen LogP contribution in [0.15, 0.2) is 12.1 Å². The Morgan fingerprint density at radius 3 is 2.50 bits per heavy atom.